The fourth-order valence-electron chi connectivity index (χ4n) is 4.05. The summed E-state index contributed by atoms with van der Waals surface area (Å²) >= 11 is 0. The van der Waals surface area contributed by atoms with Gasteiger partial charge in [-0.3, -0.25) is 9.59 Å². The molecular weight excluding hydrogens is 306 g/mol. The highest BCUT2D eigenvalue weighted by molar-refractivity contribution is 5.81. The summed E-state index contributed by atoms with van der Waals surface area (Å²) in [6.45, 7) is 5.33. The second kappa shape index (κ2) is 6.46. The lowest BCUT2D eigenvalue weighted by atomic mass is 9.81. The molecule has 1 N–H and O–H groups in total. The molecule has 1 aliphatic carbocycles. The standard InChI is InChI=1S/C19H25NO4/c1-13-5-6-16(10-14(13)2)24-9-7-17(21)20-11-15-4-3-8-19(15,12-20)18(22)23/h5-6,10,15H,3-4,7-9,11-12H2,1-2H3,(H,22,23)/t15-,19+/m0/s1. The van der Waals surface area contributed by atoms with Gasteiger partial charge in [0.05, 0.1) is 18.4 Å². The molecule has 1 heterocycles. The van der Waals surface area contributed by atoms with Crippen LogP contribution in [0, 0.1) is 25.2 Å². The lowest BCUT2D eigenvalue weighted by Crippen LogP contribution is -2.37. The topological polar surface area (TPSA) is 66.8 Å². The van der Waals surface area contributed by atoms with Crippen molar-refractivity contribution < 1.29 is 19.4 Å². The van der Waals surface area contributed by atoms with Gasteiger partial charge in [0.25, 0.3) is 0 Å². The average molecular weight is 331 g/mol. The van der Waals surface area contributed by atoms with E-state index in [4.69, 9.17) is 4.74 Å². The quantitative estimate of drug-likeness (QED) is 0.901. The van der Waals surface area contributed by atoms with Crippen LogP contribution in [0.25, 0.3) is 0 Å². The molecule has 2 fully saturated rings. The highest BCUT2D eigenvalue weighted by Gasteiger charge is 2.55. The number of likely N-dealkylation sites (tertiary alicyclic amines) is 1. The molecule has 0 unspecified atom stereocenters. The predicted octanol–water partition coefficient (Wildman–Crippen LogP) is 2.79. The third-order valence-corrected chi connectivity index (χ3v) is 5.71. The molecule has 24 heavy (non-hydrogen) atoms. The Labute approximate surface area is 142 Å². The molecule has 0 radical (unpaired) electrons. The first kappa shape index (κ1) is 16.8. The van der Waals surface area contributed by atoms with E-state index in [2.05, 4.69) is 0 Å². The van der Waals surface area contributed by atoms with E-state index in [9.17, 15) is 14.7 Å². The van der Waals surface area contributed by atoms with Crippen LogP contribution < -0.4 is 4.74 Å². The van der Waals surface area contributed by atoms with Crippen LogP contribution >= 0.6 is 0 Å². The van der Waals surface area contributed by atoms with Crippen LogP contribution in [0.3, 0.4) is 0 Å². The first-order chi connectivity index (χ1) is 11.4. The Morgan fingerprint density at radius 2 is 2.12 bits per heavy atom. The van der Waals surface area contributed by atoms with Gasteiger partial charge < -0.3 is 14.7 Å². The molecule has 2 aliphatic rings. The number of aliphatic carboxylic acids is 1. The third-order valence-electron chi connectivity index (χ3n) is 5.71. The number of carboxylic acid groups (broad SMARTS) is 1. The largest absolute Gasteiger partial charge is 0.493 e. The number of carboxylic acids is 1. The third kappa shape index (κ3) is 2.99. The van der Waals surface area contributed by atoms with Crippen LogP contribution in [0.1, 0.15) is 36.8 Å². The summed E-state index contributed by atoms with van der Waals surface area (Å²) in [6, 6.07) is 5.89. The SMILES string of the molecule is Cc1ccc(OCCC(=O)N2C[C@@H]3CCC[C@@]3(C(=O)O)C2)cc1C. The summed E-state index contributed by atoms with van der Waals surface area (Å²) in [6.07, 6.45) is 2.84. The van der Waals surface area contributed by atoms with Crippen LogP contribution in [0.15, 0.2) is 18.2 Å². The summed E-state index contributed by atoms with van der Waals surface area (Å²) < 4.78 is 5.67. The number of hydrogen-bond donors (Lipinski definition) is 1. The van der Waals surface area contributed by atoms with Gasteiger partial charge in [-0.15, -0.1) is 0 Å². The van der Waals surface area contributed by atoms with Crippen molar-refractivity contribution >= 4 is 11.9 Å². The summed E-state index contributed by atoms with van der Waals surface area (Å²) in [4.78, 5) is 25.8. The average Bonchev–Trinajstić information content (AvgIpc) is 3.09. The monoisotopic (exact) mass is 331 g/mol. The minimum Gasteiger partial charge on any atom is -0.493 e. The number of hydrogen-bond acceptors (Lipinski definition) is 3. The van der Waals surface area contributed by atoms with Gasteiger partial charge in [-0.25, -0.2) is 0 Å². The Hall–Kier alpha value is -2.04. The molecule has 1 aliphatic heterocycles. The predicted molar refractivity (Wildman–Crippen MR) is 90.0 cm³/mol. The summed E-state index contributed by atoms with van der Waals surface area (Å²) in [5.74, 6) is 0.131. The van der Waals surface area contributed by atoms with Crippen molar-refractivity contribution in [1.29, 1.82) is 0 Å². The van der Waals surface area contributed by atoms with Gasteiger partial charge in [-0.2, -0.15) is 0 Å². The summed E-state index contributed by atoms with van der Waals surface area (Å²) in [5.41, 5.74) is 1.67. The molecule has 0 bridgehead atoms. The number of ether oxygens (including phenoxy) is 1. The molecule has 130 valence electrons. The number of amides is 1. The van der Waals surface area contributed by atoms with Gasteiger partial charge in [-0.1, -0.05) is 12.5 Å². The van der Waals surface area contributed by atoms with Gasteiger partial charge in [0.2, 0.25) is 5.91 Å². The van der Waals surface area contributed by atoms with Gasteiger partial charge >= 0.3 is 5.97 Å². The number of aryl methyl sites for hydroxylation is 2. The van der Waals surface area contributed by atoms with Gasteiger partial charge in [0, 0.05) is 13.1 Å². The van der Waals surface area contributed by atoms with Crippen LogP contribution in [-0.4, -0.2) is 41.6 Å². The van der Waals surface area contributed by atoms with Crippen LogP contribution in [0.5, 0.6) is 5.75 Å². The number of benzene rings is 1. The maximum Gasteiger partial charge on any atom is 0.311 e. The number of carbonyl (C=O) groups excluding carboxylic acids is 1. The zero-order valence-electron chi connectivity index (χ0n) is 14.4. The zero-order valence-corrected chi connectivity index (χ0v) is 14.4. The second-order valence-corrected chi connectivity index (χ2v) is 7.17. The van der Waals surface area contributed by atoms with Crippen molar-refractivity contribution in [2.75, 3.05) is 19.7 Å². The first-order valence-corrected chi connectivity index (χ1v) is 8.63. The van der Waals surface area contributed by atoms with E-state index in [1.54, 1.807) is 4.90 Å². The highest BCUT2D eigenvalue weighted by atomic mass is 16.5. The Bertz CT molecular complexity index is 657. The molecule has 1 saturated carbocycles. The van der Waals surface area contributed by atoms with Crippen LogP contribution in [0.4, 0.5) is 0 Å². The van der Waals surface area contributed by atoms with E-state index < -0.39 is 11.4 Å². The van der Waals surface area contributed by atoms with Crippen molar-refractivity contribution in [3.8, 4) is 5.75 Å². The van der Waals surface area contributed by atoms with Crippen molar-refractivity contribution in [2.24, 2.45) is 11.3 Å². The molecule has 1 saturated heterocycles. The maximum atomic E-state index is 12.4. The molecule has 2 atom stereocenters. The minimum atomic E-state index is -0.744. The lowest BCUT2D eigenvalue weighted by molar-refractivity contribution is -0.149. The number of rotatable bonds is 5. The van der Waals surface area contributed by atoms with Crippen molar-refractivity contribution in [2.45, 2.75) is 39.5 Å². The van der Waals surface area contributed by atoms with Crippen molar-refractivity contribution in [3.05, 3.63) is 29.3 Å². The van der Waals surface area contributed by atoms with E-state index in [-0.39, 0.29) is 18.2 Å². The first-order valence-electron chi connectivity index (χ1n) is 8.63. The Kier molecular flexibility index (Phi) is 4.52. The number of carbonyl (C=O) groups is 2. The molecule has 1 aromatic rings. The smallest absolute Gasteiger partial charge is 0.311 e. The van der Waals surface area contributed by atoms with E-state index in [1.807, 2.05) is 32.0 Å². The normalized spacial score (nSPS) is 25.6. The van der Waals surface area contributed by atoms with E-state index in [1.165, 1.54) is 5.56 Å². The minimum absolute atomic E-state index is 0.00569. The van der Waals surface area contributed by atoms with E-state index >= 15 is 0 Å². The molecule has 5 nitrogen and oxygen atoms in total. The van der Waals surface area contributed by atoms with E-state index in [0.29, 0.717) is 26.1 Å². The Balaban J connectivity index is 1.53. The highest BCUT2D eigenvalue weighted by Crippen LogP contribution is 2.48. The second-order valence-electron chi connectivity index (χ2n) is 7.17. The molecule has 0 spiro atoms. The molecule has 5 heteroatoms. The lowest BCUT2D eigenvalue weighted by Gasteiger charge is -2.23. The summed E-state index contributed by atoms with van der Waals surface area (Å²) in [5, 5.41) is 9.58. The Morgan fingerprint density at radius 3 is 2.79 bits per heavy atom. The Morgan fingerprint density at radius 1 is 1.33 bits per heavy atom. The van der Waals surface area contributed by atoms with E-state index in [0.717, 1.165) is 24.2 Å². The molecule has 3 rings (SSSR count). The molecule has 1 amide bonds. The van der Waals surface area contributed by atoms with Crippen molar-refractivity contribution in [1.82, 2.24) is 4.90 Å². The fourth-order valence-corrected chi connectivity index (χ4v) is 4.05. The fraction of sp³-hybridized carbons (Fsp3) is 0.579. The van der Waals surface area contributed by atoms with Crippen molar-refractivity contribution in [3.63, 3.8) is 0 Å². The maximum absolute atomic E-state index is 12.4. The number of fused-ring (bicyclic) bond motifs is 1. The summed E-state index contributed by atoms with van der Waals surface area (Å²) in [7, 11) is 0. The molecular formula is C19H25NO4. The van der Waals surface area contributed by atoms with Crippen LogP contribution in [-0.2, 0) is 9.59 Å². The molecule has 0 aromatic heterocycles. The van der Waals surface area contributed by atoms with Gasteiger partial charge in [-0.05, 0) is 55.9 Å². The zero-order chi connectivity index (χ0) is 17.3. The molecule has 1 aromatic carbocycles. The number of nitrogens with zero attached hydrogens (tertiary/aromatic N) is 1. The van der Waals surface area contributed by atoms with Crippen LogP contribution in [0.2, 0.25) is 0 Å². The van der Waals surface area contributed by atoms with Gasteiger partial charge in [0.1, 0.15) is 5.75 Å². The van der Waals surface area contributed by atoms with Gasteiger partial charge in [0.15, 0.2) is 0 Å².